The number of hydrogen-bond donors (Lipinski definition) is 0. The van der Waals surface area contributed by atoms with E-state index in [2.05, 4.69) is 0 Å². The molecule has 0 amide bonds. The van der Waals surface area contributed by atoms with Gasteiger partial charge in [-0.25, -0.2) is 13.2 Å². The van der Waals surface area contributed by atoms with Gasteiger partial charge in [-0.1, -0.05) is 18.2 Å². The monoisotopic (exact) mass is 319 g/mol. The lowest BCUT2D eigenvalue weighted by Crippen LogP contribution is -2.12. The van der Waals surface area contributed by atoms with E-state index < -0.39 is 21.9 Å². The highest BCUT2D eigenvalue weighted by atomic mass is 32.2. The van der Waals surface area contributed by atoms with Crippen molar-refractivity contribution in [3.8, 4) is 6.07 Å². The lowest BCUT2D eigenvalue weighted by Gasteiger charge is -2.03. The highest BCUT2D eigenvalue weighted by molar-refractivity contribution is 7.90. The average molecular weight is 319 g/mol. The summed E-state index contributed by atoms with van der Waals surface area (Å²) in [5.41, 5.74) is 0. The number of nitrogens with zero attached hydrogens (tertiary/aromatic N) is 1. The first-order valence-electron chi connectivity index (χ1n) is 6.39. The molecule has 0 aliphatic carbocycles. The fourth-order valence-electron chi connectivity index (χ4n) is 1.71. The van der Waals surface area contributed by atoms with Crippen molar-refractivity contribution in [2.75, 3.05) is 0 Å². The molecule has 0 saturated carbocycles. The molecule has 0 radical (unpaired) electrons. The van der Waals surface area contributed by atoms with Crippen LogP contribution in [0.3, 0.4) is 0 Å². The molecule has 2 aromatic rings. The Morgan fingerprint density at radius 2 is 1.95 bits per heavy atom. The largest absolute Gasteiger partial charge is 0.453 e. The van der Waals surface area contributed by atoms with Crippen molar-refractivity contribution in [3.05, 3.63) is 54.0 Å². The molecule has 7 heteroatoms. The topological polar surface area (TPSA) is 97.4 Å². The van der Waals surface area contributed by atoms with Gasteiger partial charge in [-0.05, 0) is 31.2 Å². The number of carbonyl (C=O) groups excluding carboxylic acids is 1. The lowest BCUT2D eigenvalue weighted by atomic mass is 10.4. The summed E-state index contributed by atoms with van der Waals surface area (Å²) in [6.07, 6.45) is -0.908. The molecule has 1 aromatic heterocycles. The Morgan fingerprint density at radius 1 is 1.27 bits per heavy atom. The summed E-state index contributed by atoms with van der Waals surface area (Å²) >= 11 is 0. The van der Waals surface area contributed by atoms with Gasteiger partial charge >= 0.3 is 5.97 Å². The first kappa shape index (κ1) is 15.8. The lowest BCUT2D eigenvalue weighted by molar-refractivity contribution is 0.0397. The Morgan fingerprint density at radius 3 is 2.59 bits per heavy atom. The molecule has 0 aliphatic rings. The highest BCUT2D eigenvalue weighted by Gasteiger charge is 2.20. The predicted octanol–water partition coefficient (Wildman–Crippen LogP) is 2.32. The number of carbonyl (C=O) groups is 1. The molecule has 1 unspecified atom stereocenters. The number of sulfone groups is 1. The molecule has 22 heavy (non-hydrogen) atoms. The van der Waals surface area contributed by atoms with Crippen LogP contribution in [0.2, 0.25) is 0 Å². The second-order valence-electron chi connectivity index (χ2n) is 4.51. The maximum atomic E-state index is 12.2. The molecule has 1 atom stereocenters. The molecule has 0 spiro atoms. The van der Waals surface area contributed by atoms with Gasteiger partial charge in [0, 0.05) is 0 Å². The van der Waals surface area contributed by atoms with Crippen molar-refractivity contribution in [2.24, 2.45) is 0 Å². The second kappa shape index (κ2) is 6.45. The normalized spacial score (nSPS) is 12.4. The van der Waals surface area contributed by atoms with Gasteiger partial charge < -0.3 is 9.15 Å². The van der Waals surface area contributed by atoms with Gasteiger partial charge in [0.15, 0.2) is 15.9 Å². The number of esters is 1. The number of nitriles is 1. The van der Waals surface area contributed by atoms with E-state index in [0.29, 0.717) is 0 Å². The van der Waals surface area contributed by atoms with Crippen LogP contribution in [0.15, 0.2) is 51.8 Å². The van der Waals surface area contributed by atoms with Crippen molar-refractivity contribution < 1.29 is 22.4 Å². The molecule has 6 nitrogen and oxygen atoms in total. The fourth-order valence-corrected chi connectivity index (χ4v) is 2.98. The second-order valence-corrected chi connectivity index (χ2v) is 6.50. The third-order valence-electron chi connectivity index (χ3n) is 2.76. The summed E-state index contributed by atoms with van der Waals surface area (Å²) in [5, 5.41) is 8.58. The quantitative estimate of drug-likeness (QED) is 0.784. The SMILES string of the molecule is CC(C#N)OC(=O)c1ccc(CS(=O)(=O)c2ccccc2)o1. The Kier molecular flexibility index (Phi) is 4.63. The number of rotatable bonds is 5. The molecule has 114 valence electrons. The van der Waals surface area contributed by atoms with Crippen molar-refractivity contribution in [3.63, 3.8) is 0 Å². The van der Waals surface area contributed by atoms with Gasteiger partial charge in [-0.3, -0.25) is 0 Å². The average Bonchev–Trinajstić information content (AvgIpc) is 2.96. The van der Waals surface area contributed by atoms with Crippen LogP contribution in [0.5, 0.6) is 0 Å². The zero-order chi connectivity index (χ0) is 16.2. The van der Waals surface area contributed by atoms with Crippen LogP contribution in [-0.4, -0.2) is 20.5 Å². The Bertz CT molecular complexity index is 802. The summed E-state index contributed by atoms with van der Waals surface area (Å²) < 4.78 is 34.3. The fraction of sp³-hybridized carbons (Fsp3) is 0.200. The third-order valence-corrected chi connectivity index (χ3v) is 4.42. The standard InChI is InChI=1S/C15H13NO5S/c1-11(9-16)20-15(17)14-8-7-12(21-14)10-22(18,19)13-5-3-2-4-6-13/h2-8,11H,10H2,1H3. The Hall–Kier alpha value is -2.59. The van der Waals surface area contributed by atoms with E-state index in [1.54, 1.807) is 24.3 Å². The van der Waals surface area contributed by atoms with Gasteiger partial charge in [0.05, 0.1) is 4.90 Å². The van der Waals surface area contributed by atoms with Crippen LogP contribution >= 0.6 is 0 Å². The minimum atomic E-state index is -3.55. The minimum absolute atomic E-state index is 0.125. The summed E-state index contributed by atoms with van der Waals surface area (Å²) in [7, 11) is -3.55. The first-order chi connectivity index (χ1) is 10.4. The van der Waals surface area contributed by atoms with E-state index in [0.717, 1.165) is 0 Å². The van der Waals surface area contributed by atoms with E-state index in [9.17, 15) is 13.2 Å². The minimum Gasteiger partial charge on any atom is -0.453 e. The van der Waals surface area contributed by atoms with Crippen LogP contribution in [0.25, 0.3) is 0 Å². The highest BCUT2D eigenvalue weighted by Crippen LogP contribution is 2.18. The van der Waals surface area contributed by atoms with Crippen molar-refractivity contribution in [2.45, 2.75) is 23.7 Å². The van der Waals surface area contributed by atoms with Crippen molar-refractivity contribution in [1.82, 2.24) is 0 Å². The smallest absolute Gasteiger partial charge is 0.375 e. The summed E-state index contributed by atoms with van der Waals surface area (Å²) in [4.78, 5) is 11.8. The molecule has 0 N–H and O–H groups in total. The van der Waals surface area contributed by atoms with Crippen LogP contribution in [-0.2, 0) is 20.3 Å². The molecular weight excluding hydrogens is 306 g/mol. The molecule has 0 fully saturated rings. The summed E-state index contributed by atoms with van der Waals surface area (Å²) in [5.74, 6) is -1.18. The molecule has 0 saturated heterocycles. The van der Waals surface area contributed by atoms with Crippen LogP contribution in [0, 0.1) is 11.3 Å². The van der Waals surface area contributed by atoms with E-state index >= 15 is 0 Å². The van der Waals surface area contributed by atoms with Gasteiger partial charge in [0.1, 0.15) is 17.6 Å². The van der Waals surface area contributed by atoms with E-state index in [4.69, 9.17) is 14.4 Å². The summed E-state index contributed by atoms with van der Waals surface area (Å²) in [6.45, 7) is 1.42. The van der Waals surface area contributed by atoms with Gasteiger partial charge in [-0.2, -0.15) is 5.26 Å². The zero-order valence-corrected chi connectivity index (χ0v) is 12.5. The van der Waals surface area contributed by atoms with Crippen molar-refractivity contribution in [1.29, 1.82) is 5.26 Å². The van der Waals surface area contributed by atoms with Gasteiger partial charge in [0.2, 0.25) is 5.76 Å². The molecular formula is C15H13NO5S. The summed E-state index contributed by atoms with van der Waals surface area (Å²) in [6, 6.07) is 12.4. The van der Waals surface area contributed by atoms with E-state index in [-0.39, 0.29) is 22.2 Å². The molecule has 2 rings (SSSR count). The Balaban J connectivity index is 2.13. The molecule has 0 aliphatic heterocycles. The van der Waals surface area contributed by atoms with Gasteiger partial charge in [-0.15, -0.1) is 0 Å². The number of hydrogen-bond acceptors (Lipinski definition) is 6. The van der Waals surface area contributed by atoms with Crippen LogP contribution < -0.4 is 0 Å². The first-order valence-corrected chi connectivity index (χ1v) is 8.05. The molecule has 0 bridgehead atoms. The Labute approximate surface area is 127 Å². The zero-order valence-electron chi connectivity index (χ0n) is 11.7. The van der Waals surface area contributed by atoms with E-state index in [1.807, 2.05) is 0 Å². The number of furan rings is 1. The third kappa shape index (κ3) is 3.74. The maximum Gasteiger partial charge on any atom is 0.375 e. The van der Waals surface area contributed by atoms with Crippen LogP contribution in [0.1, 0.15) is 23.2 Å². The van der Waals surface area contributed by atoms with Crippen LogP contribution in [0.4, 0.5) is 0 Å². The molecule has 1 heterocycles. The number of ether oxygens (including phenoxy) is 1. The predicted molar refractivity (Wildman–Crippen MR) is 76.5 cm³/mol. The maximum absolute atomic E-state index is 12.2. The van der Waals surface area contributed by atoms with Gasteiger partial charge in [0.25, 0.3) is 0 Å². The number of benzene rings is 1. The van der Waals surface area contributed by atoms with E-state index in [1.165, 1.54) is 31.2 Å². The van der Waals surface area contributed by atoms with Crippen molar-refractivity contribution >= 4 is 15.8 Å². The molecule has 1 aromatic carbocycles.